The molecule has 0 aromatic carbocycles. The number of hydrogen-bond donors (Lipinski definition) is 1. The van der Waals surface area contributed by atoms with Crippen molar-refractivity contribution in [1.29, 1.82) is 0 Å². The maximum Gasteiger partial charge on any atom is 0.126 e. The number of alkyl halides is 1. The molecule has 1 N–H and O–H groups in total. The minimum atomic E-state index is -0.961. The lowest BCUT2D eigenvalue weighted by Gasteiger charge is -2.28. The first-order chi connectivity index (χ1) is 9.24. The largest absolute Gasteiger partial charge is 0.390 e. The molecule has 1 saturated carbocycles. The predicted octanol–water partition coefficient (Wildman–Crippen LogP) is 5.41. The minimum Gasteiger partial charge on any atom is -0.390 e. The van der Waals surface area contributed by atoms with Crippen LogP contribution in [0.4, 0.5) is 4.39 Å². The molecule has 0 aliphatic heterocycles. The predicted molar refractivity (Wildman–Crippen MR) is 80.1 cm³/mol. The second kappa shape index (κ2) is 10.7. The van der Waals surface area contributed by atoms with Crippen molar-refractivity contribution in [1.82, 2.24) is 0 Å². The van der Waals surface area contributed by atoms with Crippen molar-refractivity contribution in [3.63, 3.8) is 0 Å². The van der Waals surface area contributed by atoms with E-state index in [-0.39, 0.29) is 0 Å². The number of aliphatic hydroxyl groups excluding tert-OH is 1. The van der Waals surface area contributed by atoms with Gasteiger partial charge in [-0.1, -0.05) is 71.1 Å². The average Bonchev–Trinajstić information content (AvgIpc) is 2.41. The number of hydrogen-bond acceptors (Lipinski definition) is 1. The van der Waals surface area contributed by atoms with Crippen LogP contribution in [-0.2, 0) is 0 Å². The molecule has 0 bridgehead atoms. The minimum absolute atomic E-state index is 0.531. The topological polar surface area (TPSA) is 20.2 Å². The SMILES string of the molecule is CCCCCCCCCCCC1CCC(O)C(F)C1. The molecule has 1 nitrogen and oxygen atoms in total. The van der Waals surface area contributed by atoms with Crippen molar-refractivity contribution in [3.05, 3.63) is 0 Å². The van der Waals surface area contributed by atoms with Crippen molar-refractivity contribution in [2.75, 3.05) is 0 Å². The van der Waals surface area contributed by atoms with Gasteiger partial charge < -0.3 is 5.11 Å². The van der Waals surface area contributed by atoms with Crippen LogP contribution < -0.4 is 0 Å². The summed E-state index contributed by atoms with van der Waals surface area (Å²) in [6.45, 7) is 2.26. The first-order valence-corrected chi connectivity index (χ1v) is 8.56. The van der Waals surface area contributed by atoms with Crippen LogP contribution >= 0.6 is 0 Å². The molecule has 0 amide bonds. The molecule has 0 aromatic rings. The quantitative estimate of drug-likeness (QED) is 0.527. The van der Waals surface area contributed by atoms with Gasteiger partial charge in [0.1, 0.15) is 6.17 Å². The van der Waals surface area contributed by atoms with E-state index in [1.807, 2.05) is 0 Å². The zero-order valence-electron chi connectivity index (χ0n) is 12.7. The Balaban J connectivity index is 1.86. The van der Waals surface area contributed by atoms with E-state index >= 15 is 0 Å². The smallest absolute Gasteiger partial charge is 0.126 e. The first-order valence-electron chi connectivity index (χ1n) is 8.56. The summed E-state index contributed by atoms with van der Waals surface area (Å²) in [7, 11) is 0. The van der Waals surface area contributed by atoms with Gasteiger partial charge in [0.15, 0.2) is 0 Å². The van der Waals surface area contributed by atoms with Gasteiger partial charge in [0.05, 0.1) is 6.10 Å². The lowest BCUT2D eigenvalue weighted by molar-refractivity contribution is 0.0225. The lowest BCUT2D eigenvalue weighted by Crippen LogP contribution is -2.30. The molecule has 0 saturated heterocycles. The summed E-state index contributed by atoms with van der Waals surface area (Å²) in [5, 5.41) is 9.35. The fraction of sp³-hybridized carbons (Fsp3) is 1.00. The summed E-state index contributed by atoms with van der Waals surface area (Å²) >= 11 is 0. The van der Waals surface area contributed by atoms with Gasteiger partial charge in [-0.25, -0.2) is 4.39 Å². The Morgan fingerprint density at radius 1 is 0.895 bits per heavy atom. The molecule has 3 atom stereocenters. The molecule has 114 valence electrons. The van der Waals surface area contributed by atoms with Crippen LogP contribution in [0.25, 0.3) is 0 Å². The molecule has 0 radical (unpaired) electrons. The van der Waals surface area contributed by atoms with E-state index in [4.69, 9.17) is 0 Å². The number of unbranched alkanes of at least 4 members (excludes halogenated alkanes) is 8. The van der Waals surface area contributed by atoms with Crippen LogP contribution in [0, 0.1) is 5.92 Å². The normalized spacial score (nSPS) is 27.6. The Bertz CT molecular complexity index is 207. The van der Waals surface area contributed by atoms with Gasteiger partial charge in [-0.15, -0.1) is 0 Å². The van der Waals surface area contributed by atoms with Gasteiger partial charge in [-0.05, 0) is 25.2 Å². The summed E-state index contributed by atoms with van der Waals surface area (Å²) in [6.07, 6.45) is 14.0. The zero-order chi connectivity index (χ0) is 13.9. The maximum atomic E-state index is 13.4. The molecule has 2 heteroatoms. The Morgan fingerprint density at radius 2 is 1.47 bits per heavy atom. The monoisotopic (exact) mass is 272 g/mol. The highest BCUT2D eigenvalue weighted by molar-refractivity contribution is 4.79. The van der Waals surface area contributed by atoms with E-state index in [1.54, 1.807) is 0 Å². The van der Waals surface area contributed by atoms with Crippen LogP contribution in [0.2, 0.25) is 0 Å². The van der Waals surface area contributed by atoms with Crippen LogP contribution in [-0.4, -0.2) is 17.4 Å². The van der Waals surface area contributed by atoms with Gasteiger partial charge in [0.2, 0.25) is 0 Å². The second-order valence-corrected chi connectivity index (χ2v) is 6.38. The highest BCUT2D eigenvalue weighted by Crippen LogP contribution is 2.30. The molecule has 3 unspecified atom stereocenters. The van der Waals surface area contributed by atoms with Gasteiger partial charge in [-0.2, -0.15) is 0 Å². The van der Waals surface area contributed by atoms with Crippen molar-refractivity contribution in [2.45, 2.75) is 103 Å². The maximum absolute atomic E-state index is 13.4. The number of rotatable bonds is 10. The molecular weight excluding hydrogens is 239 g/mol. The molecule has 0 aromatic heterocycles. The van der Waals surface area contributed by atoms with E-state index in [1.165, 1.54) is 64.2 Å². The van der Waals surface area contributed by atoms with Crippen LogP contribution in [0.1, 0.15) is 90.4 Å². The van der Waals surface area contributed by atoms with Crippen LogP contribution in [0.5, 0.6) is 0 Å². The van der Waals surface area contributed by atoms with Gasteiger partial charge in [0, 0.05) is 0 Å². The molecule has 0 spiro atoms. The van der Waals surface area contributed by atoms with Crippen molar-refractivity contribution >= 4 is 0 Å². The summed E-state index contributed by atoms with van der Waals surface area (Å²) < 4.78 is 13.4. The Labute approximate surface area is 119 Å². The van der Waals surface area contributed by atoms with Crippen molar-refractivity contribution < 1.29 is 9.50 Å². The van der Waals surface area contributed by atoms with Crippen molar-refractivity contribution in [3.8, 4) is 0 Å². The molecule has 1 aliphatic carbocycles. The summed E-state index contributed by atoms with van der Waals surface area (Å²) in [6, 6.07) is 0. The number of halogens is 1. The zero-order valence-corrected chi connectivity index (χ0v) is 12.7. The second-order valence-electron chi connectivity index (χ2n) is 6.38. The highest BCUT2D eigenvalue weighted by atomic mass is 19.1. The van der Waals surface area contributed by atoms with Gasteiger partial charge in [-0.3, -0.25) is 0 Å². The molecule has 1 aliphatic rings. The van der Waals surface area contributed by atoms with E-state index in [0.29, 0.717) is 18.8 Å². The van der Waals surface area contributed by atoms with E-state index in [2.05, 4.69) is 6.92 Å². The third-order valence-corrected chi connectivity index (χ3v) is 4.56. The molecule has 0 heterocycles. The van der Waals surface area contributed by atoms with Crippen LogP contribution in [0.3, 0.4) is 0 Å². The molecule has 1 rings (SSSR count). The average molecular weight is 272 g/mol. The molecule has 1 fully saturated rings. The summed E-state index contributed by atoms with van der Waals surface area (Å²) in [4.78, 5) is 0. The molecule has 19 heavy (non-hydrogen) atoms. The fourth-order valence-corrected chi connectivity index (χ4v) is 3.19. The van der Waals surface area contributed by atoms with Gasteiger partial charge in [0.25, 0.3) is 0 Å². The third kappa shape index (κ3) is 7.91. The summed E-state index contributed by atoms with van der Waals surface area (Å²) in [5.74, 6) is 0.531. The Hall–Kier alpha value is -0.110. The van der Waals surface area contributed by atoms with Crippen LogP contribution in [0.15, 0.2) is 0 Å². The third-order valence-electron chi connectivity index (χ3n) is 4.56. The number of aliphatic hydroxyl groups is 1. The first kappa shape index (κ1) is 16.9. The fourth-order valence-electron chi connectivity index (χ4n) is 3.19. The van der Waals surface area contributed by atoms with E-state index < -0.39 is 12.3 Å². The van der Waals surface area contributed by atoms with Crippen molar-refractivity contribution in [2.24, 2.45) is 5.92 Å². The van der Waals surface area contributed by atoms with E-state index in [9.17, 15) is 9.50 Å². The standard InChI is InChI=1S/C17H33FO/c1-2-3-4-5-6-7-8-9-10-11-15-12-13-17(19)16(18)14-15/h15-17,19H,2-14H2,1H3. The lowest BCUT2D eigenvalue weighted by atomic mass is 9.83. The molecular formula is C17H33FO. The Kier molecular flexibility index (Phi) is 9.50. The highest BCUT2D eigenvalue weighted by Gasteiger charge is 2.28. The van der Waals surface area contributed by atoms with E-state index in [0.717, 1.165) is 6.42 Å². The summed E-state index contributed by atoms with van der Waals surface area (Å²) in [5.41, 5.74) is 0. The Morgan fingerprint density at radius 3 is 2.05 bits per heavy atom. The van der Waals surface area contributed by atoms with Gasteiger partial charge >= 0.3 is 0 Å².